The second kappa shape index (κ2) is 6.52. The normalized spacial score (nSPS) is 32.7. The van der Waals surface area contributed by atoms with Gasteiger partial charge in [0.25, 0.3) is 8.32 Å². The fourth-order valence-electron chi connectivity index (χ4n) is 5.69. The van der Waals surface area contributed by atoms with Crippen LogP contribution in [-0.2, 0) is 13.9 Å². The van der Waals surface area contributed by atoms with Crippen molar-refractivity contribution in [2.45, 2.75) is 70.2 Å². The van der Waals surface area contributed by atoms with E-state index >= 15 is 0 Å². The molecule has 3 aliphatic rings. The Morgan fingerprint density at radius 2 is 1.34 bits per heavy atom. The molecule has 154 valence electrons. The van der Waals surface area contributed by atoms with E-state index in [9.17, 15) is 0 Å². The third-order valence-corrected chi connectivity index (χ3v) is 12.0. The predicted octanol–water partition coefficient (Wildman–Crippen LogP) is 4.10. The zero-order chi connectivity index (χ0) is 20.4. The molecule has 2 aromatic carbocycles. The highest BCUT2D eigenvalue weighted by Gasteiger charge is 2.68. The molecule has 1 saturated heterocycles. The Kier molecular flexibility index (Phi) is 4.38. The Bertz CT molecular complexity index is 834. The van der Waals surface area contributed by atoms with E-state index in [0.717, 1.165) is 0 Å². The molecule has 2 saturated carbocycles. The molecule has 1 aliphatic heterocycles. The van der Waals surface area contributed by atoms with Crippen molar-refractivity contribution >= 4 is 18.7 Å². The summed E-state index contributed by atoms with van der Waals surface area (Å²) < 4.78 is 20.1. The van der Waals surface area contributed by atoms with Crippen LogP contribution in [0.2, 0.25) is 5.04 Å². The molecule has 1 unspecified atom stereocenters. The fraction of sp³-hybridized carbons (Fsp3) is 0.520. The Hall–Kier alpha value is -1.46. The lowest BCUT2D eigenvalue weighted by molar-refractivity contribution is -0.161. The minimum absolute atomic E-state index is 0.0207. The molecule has 0 amide bonds. The summed E-state index contributed by atoms with van der Waals surface area (Å²) in [4.78, 5) is 0. The van der Waals surface area contributed by atoms with Crippen LogP contribution in [0.25, 0.3) is 0 Å². The van der Waals surface area contributed by atoms with Crippen LogP contribution < -0.4 is 10.4 Å². The number of fused-ring (bicyclic) bond motifs is 3. The van der Waals surface area contributed by atoms with Gasteiger partial charge in [-0.3, -0.25) is 0 Å². The predicted molar refractivity (Wildman–Crippen MR) is 118 cm³/mol. The second-order valence-corrected chi connectivity index (χ2v) is 14.6. The van der Waals surface area contributed by atoms with Crippen LogP contribution in [0.4, 0.5) is 0 Å². The maximum atomic E-state index is 7.43. The number of hydrogen-bond acceptors (Lipinski definition) is 3. The zero-order valence-corrected chi connectivity index (χ0v) is 19.1. The summed E-state index contributed by atoms with van der Waals surface area (Å²) in [5, 5.41) is 2.64. The van der Waals surface area contributed by atoms with E-state index in [1.165, 1.54) is 16.8 Å². The van der Waals surface area contributed by atoms with Crippen molar-refractivity contribution in [2.75, 3.05) is 0 Å². The molecule has 4 heteroatoms. The lowest BCUT2D eigenvalue weighted by Crippen LogP contribution is -2.68. The first-order chi connectivity index (χ1) is 13.7. The molecule has 0 aromatic heterocycles. The van der Waals surface area contributed by atoms with E-state index in [2.05, 4.69) is 81.4 Å². The molecule has 0 N–H and O–H groups in total. The Morgan fingerprint density at radius 3 is 1.86 bits per heavy atom. The summed E-state index contributed by atoms with van der Waals surface area (Å²) in [5.41, 5.74) is 0. The summed E-state index contributed by atoms with van der Waals surface area (Å²) in [6, 6.07) is 21.8. The maximum Gasteiger partial charge on any atom is 0.261 e. The van der Waals surface area contributed by atoms with Gasteiger partial charge in [-0.25, -0.2) is 0 Å². The molecule has 3 nitrogen and oxygen atoms in total. The van der Waals surface area contributed by atoms with E-state index in [4.69, 9.17) is 13.9 Å². The molecule has 3 fully saturated rings. The van der Waals surface area contributed by atoms with Crippen molar-refractivity contribution in [2.24, 2.45) is 11.8 Å². The molecule has 5 atom stereocenters. The van der Waals surface area contributed by atoms with Crippen LogP contribution in [0.3, 0.4) is 0 Å². The molecular formula is C25H32O3Si. The number of ether oxygens (including phenoxy) is 2. The molecule has 2 aliphatic carbocycles. The molecule has 0 bridgehead atoms. The van der Waals surface area contributed by atoms with Crippen molar-refractivity contribution in [1.29, 1.82) is 0 Å². The Labute approximate surface area is 175 Å². The van der Waals surface area contributed by atoms with Crippen LogP contribution in [0.1, 0.15) is 41.0 Å². The fourth-order valence-corrected chi connectivity index (χ4v) is 10.4. The highest BCUT2D eigenvalue weighted by molar-refractivity contribution is 6.99. The van der Waals surface area contributed by atoms with E-state index in [-0.39, 0.29) is 23.4 Å². The molecule has 29 heavy (non-hydrogen) atoms. The number of rotatable bonds is 4. The molecule has 1 heterocycles. The molecular weight excluding hydrogens is 376 g/mol. The van der Waals surface area contributed by atoms with E-state index in [1.807, 2.05) is 13.8 Å². The zero-order valence-electron chi connectivity index (χ0n) is 18.1. The monoisotopic (exact) mass is 408 g/mol. The van der Waals surface area contributed by atoms with Gasteiger partial charge in [0.05, 0.1) is 12.2 Å². The lowest BCUT2D eigenvalue weighted by Gasteiger charge is -2.45. The summed E-state index contributed by atoms with van der Waals surface area (Å²) in [7, 11) is -2.57. The highest BCUT2D eigenvalue weighted by Crippen LogP contribution is 2.60. The van der Waals surface area contributed by atoms with Gasteiger partial charge in [0.1, 0.15) is 6.10 Å². The smallest absolute Gasteiger partial charge is 0.261 e. The van der Waals surface area contributed by atoms with Crippen LogP contribution in [0.5, 0.6) is 0 Å². The van der Waals surface area contributed by atoms with Crippen molar-refractivity contribution in [3.05, 3.63) is 60.7 Å². The minimum Gasteiger partial charge on any atom is -0.401 e. The molecule has 5 rings (SSSR count). The third-order valence-electron chi connectivity index (χ3n) is 6.95. The topological polar surface area (TPSA) is 27.7 Å². The SMILES string of the molecule is CC1(C)O[C@H]2[C@@H](O[Si](c3ccccc3)(c3ccccc3)C(C)(C)C)[C@H]3CC3[C@H]2O1. The third kappa shape index (κ3) is 3.04. The van der Waals surface area contributed by atoms with Gasteiger partial charge in [-0.15, -0.1) is 0 Å². The van der Waals surface area contributed by atoms with Crippen molar-refractivity contribution in [3.8, 4) is 0 Å². The summed E-state index contributed by atoms with van der Waals surface area (Å²) in [6.45, 7) is 11.1. The molecule has 2 aromatic rings. The summed E-state index contributed by atoms with van der Waals surface area (Å²) in [6.07, 6.45) is 1.51. The van der Waals surface area contributed by atoms with Crippen molar-refractivity contribution in [1.82, 2.24) is 0 Å². The second-order valence-electron chi connectivity index (χ2n) is 10.4. The number of benzene rings is 2. The Morgan fingerprint density at radius 1 is 0.828 bits per heavy atom. The first kappa shape index (κ1) is 19.5. The quantitative estimate of drug-likeness (QED) is 0.713. The van der Waals surface area contributed by atoms with Gasteiger partial charge < -0.3 is 13.9 Å². The van der Waals surface area contributed by atoms with Crippen molar-refractivity contribution < 1.29 is 13.9 Å². The van der Waals surface area contributed by atoms with Gasteiger partial charge in [-0.2, -0.15) is 0 Å². The average Bonchev–Trinajstić information content (AvgIpc) is 3.33. The van der Waals surface area contributed by atoms with Gasteiger partial charge in [0.15, 0.2) is 5.79 Å². The van der Waals surface area contributed by atoms with Gasteiger partial charge in [0, 0.05) is 0 Å². The largest absolute Gasteiger partial charge is 0.401 e. The standard InChI is InChI=1S/C25H32O3Si/c1-24(2,3)29(17-12-8-6-9-13-17,18-14-10-7-11-15-18)28-22-20-16-19(20)21-23(22)27-25(4,5)26-21/h6-15,19-23H,16H2,1-5H3/t19?,20-,21+,22-,23+/m0/s1. The van der Waals surface area contributed by atoms with E-state index in [0.29, 0.717) is 11.8 Å². The van der Waals surface area contributed by atoms with Gasteiger partial charge in [-0.1, -0.05) is 81.4 Å². The van der Waals surface area contributed by atoms with Crippen molar-refractivity contribution in [3.63, 3.8) is 0 Å². The average molecular weight is 409 g/mol. The first-order valence-corrected chi connectivity index (χ1v) is 12.8. The maximum absolute atomic E-state index is 7.43. The first-order valence-electron chi connectivity index (χ1n) is 10.9. The van der Waals surface area contributed by atoms with Crippen LogP contribution >= 0.6 is 0 Å². The minimum atomic E-state index is -2.57. The number of hydrogen-bond donors (Lipinski definition) is 0. The summed E-state index contributed by atoms with van der Waals surface area (Å²) >= 11 is 0. The molecule has 0 radical (unpaired) electrons. The van der Waals surface area contributed by atoms with Gasteiger partial charge >= 0.3 is 0 Å². The highest BCUT2D eigenvalue weighted by atomic mass is 28.4. The molecule has 0 spiro atoms. The van der Waals surface area contributed by atoms with Crippen LogP contribution in [0.15, 0.2) is 60.7 Å². The Balaban J connectivity index is 1.62. The summed E-state index contributed by atoms with van der Waals surface area (Å²) in [5.74, 6) is 0.628. The van der Waals surface area contributed by atoms with Crippen LogP contribution in [-0.4, -0.2) is 32.4 Å². The van der Waals surface area contributed by atoms with E-state index in [1.54, 1.807) is 0 Å². The van der Waals surface area contributed by atoms with Gasteiger partial charge in [-0.05, 0) is 47.5 Å². The van der Waals surface area contributed by atoms with E-state index < -0.39 is 14.1 Å². The lowest BCUT2D eigenvalue weighted by atomic mass is 10.1. The van der Waals surface area contributed by atoms with Gasteiger partial charge in [0.2, 0.25) is 0 Å². The van der Waals surface area contributed by atoms with Crippen LogP contribution in [0, 0.1) is 11.8 Å².